The first kappa shape index (κ1) is 16.0. The van der Waals surface area contributed by atoms with Gasteiger partial charge in [-0.1, -0.05) is 58.3 Å². The molecule has 1 atom stereocenters. The third-order valence-corrected chi connectivity index (χ3v) is 4.26. The van der Waals surface area contributed by atoms with Crippen LogP contribution in [0.25, 0.3) is 0 Å². The number of hydrogen-bond donors (Lipinski definition) is 1. The highest BCUT2D eigenvalue weighted by Gasteiger charge is 2.20. The fourth-order valence-corrected chi connectivity index (χ4v) is 3.01. The average Bonchev–Trinajstić information content (AvgIpc) is 2.42. The summed E-state index contributed by atoms with van der Waals surface area (Å²) in [6.07, 6.45) is 15.0. The van der Waals surface area contributed by atoms with Gasteiger partial charge in [-0.25, -0.2) is 0 Å². The fourth-order valence-electron chi connectivity index (χ4n) is 3.01. The van der Waals surface area contributed by atoms with Gasteiger partial charge in [-0.15, -0.1) is 0 Å². The number of piperidine rings is 1. The zero-order chi connectivity index (χ0) is 13.1. The van der Waals surface area contributed by atoms with E-state index in [1.165, 1.54) is 83.7 Å². The van der Waals surface area contributed by atoms with Gasteiger partial charge in [0.25, 0.3) is 0 Å². The van der Waals surface area contributed by atoms with Crippen molar-refractivity contribution in [2.24, 2.45) is 0 Å². The highest BCUT2D eigenvalue weighted by molar-refractivity contribution is 4.75. The van der Waals surface area contributed by atoms with Crippen molar-refractivity contribution in [2.75, 3.05) is 19.7 Å². The molecule has 1 heterocycles. The molecule has 0 saturated carbocycles. The highest BCUT2D eigenvalue weighted by Crippen LogP contribution is 2.17. The molecule has 1 aliphatic rings. The summed E-state index contributed by atoms with van der Waals surface area (Å²) >= 11 is 0. The summed E-state index contributed by atoms with van der Waals surface area (Å²) in [5.74, 6) is 0. The van der Waals surface area contributed by atoms with Crippen LogP contribution in [0.15, 0.2) is 0 Å². The Labute approximate surface area is 114 Å². The van der Waals surface area contributed by atoms with Crippen molar-refractivity contribution in [1.82, 2.24) is 4.90 Å². The van der Waals surface area contributed by atoms with Crippen LogP contribution >= 0.6 is 0 Å². The number of hydrogen-bond acceptors (Lipinski definition) is 2. The van der Waals surface area contributed by atoms with Crippen LogP contribution in [0.3, 0.4) is 0 Å². The summed E-state index contributed by atoms with van der Waals surface area (Å²) in [5, 5.41) is 9.34. The molecule has 18 heavy (non-hydrogen) atoms. The van der Waals surface area contributed by atoms with Gasteiger partial charge in [-0.2, -0.15) is 0 Å². The number of likely N-dealkylation sites (tertiary alicyclic amines) is 1. The standard InChI is InChI=1S/C16H33NO/c1-2-3-4-5-6-7-8-10-13-17-14-11-9-12-16(17)15-18/h16,18H,2-15H2,1H3. The monoisotopic (exact) mass is 255 g/mol. The van der Waals surface area contributed by atoms with Crippen molar-refractivity contribution in [3.05, 3.63) is 0 Å². The number of rotatable bonds is 10. The maximum Gasteiger partial charge on any atom is 0.0586 e. The number of unbranched alkanes of at least 4 members (excludes halogenated alkanes) is 7. The van der Waals surface area contributed by atoms with Crippen molar-refractivity contribution >= 4 is 0 Å². The number of aliphatic hydroxyl groups excluding tert-OH is 1. The smallest absolute Gasteiger partial charge is 0.0586 e. The third kappa shape index (κ3) is 6.75. The van der Waals surface area contributed by atoms with E-state index >= 15 is 0 Å². The topological polar surface area (TPSA) is 23.5 Å². The molecule has 1 rings (SSSR count). The molecule has 0 aromatic carbocycles. The second-order valence-electron chi connectivity index (χ2n) is 5.84. The molecule has 0 aliphatic carbocycles. The Balaban J connectivity index is 1.93. The van der Waals surface area contributed by atoms with E-state index in [4.69, 9.17) is 0 Å². The van der Waals surface area contributed by atoms with Crippen LogP contribution in [0.2, 0.25) is 0 Å². The third-order valence-electron chi connectivity index (χ3n) is 4.26. The second-order valence-corrected chi connectivity index (χ2v) is 5.84. The molecule has 108 valence electrons. The van der Waals surface area contributed by atoms with E-state index in [1.807, 2.05) is 0 Å². The maximum atomic E-state index is 9.34. The zero-order valence-electron chi connectivity index (χ0n) is 12.4. The van der Waals surface area contributed by atoms with E-state index in [0.29, 0.717) is 12.6 Å². The Bertz CT molecular complexity index is 184. The summed E-state index contributed by atoms with van der Waals surface area (Å²) in [6, 6.07) is 0.461. The largest absolute Gasteiger partial charge is 0.395 e. The molecule has 0 amide bonds. The molecule has 0 aromatic heterocycles. The highest BCUT2D eigenvalue weighted by atomic mass is 16.3. The molecule has 1 aliphatic heterocycles. The zero-order valence-corrected chi connectivity index (χ0v) is 12.4. The van der Waals surface area contributed by atoms with Crippen LogP contribution in [0.5, 0.6) is 0 Å². The molecular formula is C16H33NO. The van der Waals surface area contributed by atoms with Crippen LogP contribution < -0.4 is 0 Å². The van der Waals surface area contributed by atoms with E-state index in [9.17, 15) is 5.11 Å². The Kier molecular flexibility index (Phi) is 9.59. The normalized spacial score (nSPS) is 21.3. The van der Waals surface area contributed by atoms with Crippen LogP contribution in [-0.4, -0.2) is 35.7 Å². The SMILES string of the molecule is CCCCCCCCCCN1CCCCC1CO. The minimum absolute atomic E-state index is 0.358. The molecule has 0 bridgehead atoms. The van der Waals surface area contributed by atoms with Gasteiger partial charge in [-0.05, 0) is 32.4 Å². The Morgan fingerprint density at radius 1 is 0.944 bits per heavy atom. The van der Waals surface area contributed by atoms with Gasteiger partial charge >= 0.3 is 0 Å². The molecular weight excluding hydrogens is 222 g/mol. The lowest BCUT2D eigenvalue weighted by atomic mass is 10.0. The molecule has 0 aromatic rings. The van der Waals surface area contributed by atoms with E-state index in [0.717, 1.165) is 0 Å². The molecule has 2 nitrogen and oxygen atoms in total. The van der Waals surface area contributed by atoms with Gasteiger partial charge in [0.2, 0.25) is 0 Å². The van der Waals surface area contributed by atoms with Crippen molar-refractivity contribution in [3.63, 3.8) is 0 Å². The van der Waals surface area contributed by atoms with Crippen LogP contribution in [0, 0.1) is 0 Å². The van der Waals surface area contributed by atoms with Crippen LogP contribution in [0.4, 0.5) is 0 Å². The van der Waals surface area contributed by atoms with Crippen molar-refractivity contribution in [3.8, 4) is 0 Å². The maximum absolute atomic E-state index is 9.34. The second kappa shape index (κ2) is 10.8. The van der Waals surface area contributed by atoms with Gasteiger partial charge in [0.05, 0.1) is 6.61 Å². The Morgan fingerprint density at radius 3 is 2.28 bits per heavy atom. The Hall–Kier alpha value is -0.0800. The lowest BCUT2D eigenvalue weighted by Gasteiger charge is -2.34. The van der Waals surface area contributed by atoms with Gasteiger partial charge in [0, 0.05) is 6.04 Å². The van der Waals surface area contributed by atoms with Crippen molar-refractivity contribution < 1.29 is 5.11 Å². The molecule has 0 radical (unpaired) electrons. The minimum atomic E-state index is 0.358. The first-order valence-electron chi connectivity index (χ1n) is 8.23. The number of aliphatic hydroxyl groups is 1. The first-order chi connectivity index (χ1) is 8.88. The lowest BCUT2D eigenvalue weighted by Crippen LogP contribution is -2.42. The van der Waals surface area contributed by atoms with Crippen LogP contribution in [-0.2, 0) is 0 Å². The van der Waals surface area contributed by atoms with Crippen molar-refractivity contribution in [1.29, 1.82) is 0 Å². The predicted octanol–water partition coefficient (Wildman–Crippen LogP) is 3.97. The average molecular weight is 255 g/mol. The van der Waals surface area contributed by atoms with Crippen LogP contribution in [0.1, 0.15) is 77.6 Å². The molecule has 2 heteroatoms. The summed E-state index contributed by atoms with van der Waals surface area (Å²) in [5.41, 5.74) is 0. The van der Waals surface area contributed by atoms with E-state index in [-0.39, 0.29) is 0 Å². The van der Waals surface area contributed by atoms with Crippen molar-refractivity contribution in [2.45, 2.75) is 83.6 Å². The molecule has 1 fully saturated rings. The summed E-state index contributed by atoms with van der Waals surface area (Å²) in [6.45, 7) is 5.05. The minimum Gasteiger partial charge on any atom is -0.395 e. The molecule has 1 saturated heterocycles. The first-order valence-corrected chi connectivity index (χ1v) is 8.23. The van der Waals surface area contributed by atoms with Gasteiger partial charge in [0.15, 0.2) is 0 Å². The summed E-state index contributed by atoms with van der Waals surface area (Å²) < 4.78 is 0. The number of nitrogens with zero attached hydrogens (tertiary/aromatic N) is 1. The fraction of sp³-hybridized carbons (Fsp3) is 1.00. The predicted molar refractivity (Wildman–Crippen MR) is 78.9 cm³/mol. The molecule has 0 spiro atoms. The quantitative estimate of drug-likeness (QED) is 0.597. The Morgan fingerprint density at radius 2 is 1.61 bits per heavy atom. The molecule has 1 N–H and O–H groups in total. The van der Waals surface area contributed by atoms with E-state index < -0.39 is 0 Å². The van der Waals surface area contributed by atoms with Gasteiger partial charge < -0.3 is 5.11 Å². The molecule has 1 unspecified atom stereocenters. The van der Waals surface area contributed by atoms with E-state index in [1.54, 1.807) is 0 Å². The van der Waals surface area contributed by atoms with Gasteiger partial charge in [0.1, 0.15) is 0 Å². The van der Waals surface area contributed by atoms with Gasteiger partial charge in [-0.3, -0.25) is 4.90 Å². The lowest BCUT2D eigenvalue weighted by molar-refractivity contribution is 0.0886. The van der Waals surface area contributed by atoms with E-state index in [2.05, 4.69) is 11.8 Å². The summed E-state index contributed by atoms with van der Waals surface area (Å²) in [4.78, 5) is 2.51. The summed E-state index contributed by atoms with van der Waals surface area (Å²) in [7, 11) is 0.